The molecule has 0 bridgehead atoms. The van der Waals surface area contributed by atoms with E-state index in [0.29, 0.717) is 10.7 Å². The van der Waals surface area contributed by atoms with Gasteiger partial charge >= 0.3 is 5.69 Å². The SMILES string of the molecule is Cc1nc(Cl)nc(Nc2ccc(I)cc2Cl)c1[N+](=O)[O-]. The molecule has 2 rings (SSSR count). The first kappa shape index (κ1) is 15.2. The molecule has 1 heterocycles. The molecular weight excluding hydrogens is 418 g/mol. The lowest BCUT2D eigenvalue weighted by molar-refractivity contribution is -0.385. The Morgan fingerprint density at radius 2 is 2.05 bits per heavy atom. The van der Waals surface area contributed by atoms with Crippen molar-refractivity contribution in [2.75, 3.05) is 5.32 Å². The van der Waals surface area contributed by atoms with Crippen LogP contribution in [0.5, 0.6) is 0 Å². The predicted octanol–water partition coefficient (Wildman–Crippen LogP) is 4.35. The Kier molecular flexibility index (Phi) is 4.61. The Balaban J connectivity index is 2.50. The number of anilines is 2. The van der Waals surface area contributed by atoms with Gasteiger partial charge in [-0.3, -0.25) is 10.1 Å². The van der Waals surface area contributed by atoms with Crippen molar-refractivity contribution in [3.8, 4) is 0 Å². The maximum atomic E-state index is 11.1. The van der Waals surface area contributed by atoms with Crippen molar-refractivity contribution < 1.29 is 4.92 Å². The van der Waals surface area contributed by atoms with Gasteiger partial charge in [-0.05, 0) is 59.3 Å². The first-order chi connectivity index (χ1) is 9.38. The van der Waals surface area contributed by atoms with Gasteiger partial charge in [0.15, 0.2) is 0 Å². The molecule has 0 amide bonds. The van der Waals surface area contributed by atoms with Crippen molar-refractivity contribution in [1.29, 1.82) is 0 Å². The number of hydrogen-bond donors (Lipinski definition) is 1. The molecule has 6 nitrogen and oxygen atoms in total. The number of nitrogens with zero attached hydrogens (tertiary/aromatic N) is 3. The largest absolute Gasteiger partial charge is 0.333 e. The molecule has 0 fully saturated rings. The average Bonchev–Trinajstić information content (AvgIpc) is 2.31. The van der Waals surface area contributed by atoms with E-state index in [9.17, 15) is 10.1 Å². The van der Waals surface area contributed by atoms with Crippen molar-refractivity contribution in [3.63, 3.8) is 0 Å². The van der Waals surface area contributed by atoms with Gasteiger partial charge in [-0.25, -0.2) is 4.98 Å². The van der Waals surface area contributed by atoms with Crippen LogP contribution in [0.3, 0.4) is 0 Å². The van der Waals surface area contributed by atoms with Gasteiger partial charge in [0, 0.05) is 3.57 Å². The number of nitro groups is 1. The highest BCUT2D eigenvalue weighted by molar-refractivity contribution is 14.1. The molecule has 1 N–H and O–H groups in total. The fraction of sp³-hybridized carbons (Fsp3) is 0.0909. The minimum atomic E-state index is -0.561. The summed E-state index contributed by atoms with van der Waals surface area (Å²) >= 11 is 13.9. The smallest absolute Gasteiger partial charge is 0.332 e. The van der Waals surface area contributed by atoms with Crippen LogP contribution in [0.25, 0.3) is 0 Å². The molecule has 0 saturated carbocycles. The number of aromatic nitrogens is 2. The standard InChI is InChI=1S/C11H7Cl2IN4O2/c1-5-9(18(19)20)10(17-11(13)15-5)16-8-3-2-6(14)4-7(8)12/h2-4H,1H3,(H,15,16,17). The maximum Gasteiger partial charge on any atom is 0.332 e. The van der Waals surface area contributed by atoms with E-state index >= 15 is 0 Å². The van der Waals surface area contributed by atoms with Gasteiger partial charge in [-0.2, -0.15) is 4.98 Å². The van der Waals surface area contributed by atoms with Crippen LogP contribution in [-0.4, -0.2) is 14.9 Å². The third-order valence-corrected chi connectivity index (χ3v) is 3.55. The van der Waals surface area contributed by atoms with E-state index in [4.69, 9.17) is 23.2 Å². The molecule has 20 heavy (non-hydrogen) atoms. The van der Waals surface area contributed by atoms with Crippen LogP contribution in [0.2, 0.25) is 10.3 Å². The molecule has 0 aliphatic rings. The molecule has 0 radical (unpaired) electrons. The van der Waals surface area contributed by atoms with Crippen LogP contribution >= 0.6 is 45.8 Å². The second-order valence-corrected chi connectivity index (χ2v) is 5.77. The summed E-state index contributed by atoms with van der Waals surface area (Å²) in [6.07, 6.45) is 0. The van der Waals surface area contributed by atoms with E-state index in [0.717, 1.165) is 3.57 Å². The number of nitrogens with one attached hydrogen (secondary N) is 1. The molecule has 1 aromatic carbocycles. The summed E-state index contributed by atoms with van der Waals surface area (Å²) < 4.78 is 0.949. The zero-order valence-electron chi connectivity index (χ0n) is 10.0. The Bertz CT molecular complexity index is 696. The van der Waals surface area contributed by atoms with E-state index in [1.165, 1.54) is 6.92 Å². The summed E-state index contributed by atoms with van der Waals surface area (Å²) in [4.78, 5) is 18.2. The van der Waals surface area contributed by atoms with Crippen molar-refractivity contribution in [1.82, 2.24) is 9.97 Å². The normalized spacial score (nSPS) is 10.4. The highest BCUT2D eigenvalue weighted by Gasteiger charge is 2.22. The monoisotopic (exact) mass is 424 g/mol. The summed E-state index contributed by atoms with van der Waals surface area (Å²) in [6, 6.07) is 5.25. The zero-order chi connectivity index (χ0) is 14.9. The molecule has 0 aliphatic carbocycles. The molecule has 0 atom stereocenters. The summed E-state index contributed by atoms with van der Waals surface area (Å²) in [5.74, 6) is 0.00982. The lowest BCUT2D eigenvalue weighted by atomic mass is 10.3. The van der Waals surface area contributed by atoms with Gasteiger partial charge in [0.1, 0.15) is 5.69 Å². The number of halogens is 3. The molecule has 0 spiro atoms. The average molecular weight is 425 g/mol. The second kappa shape index (κ2) is 6.06. The number of aryl methyl sites for hydroxylation is 1. The van der Waals surface area contributed by atoms with Gasteiger partial charge in [-0.1, -0.05) is 11.6 Å². The molecular formula is C11H7Cl2IN4O2. The van der Waals surface area contributed by atoms with Crippen molar-refractivity contribution in [3.05, 3.63) is 47.9 Å². The first-order valence-corrected chi connectivity index (χ1v) is 7.12. The van der Waals surface area contributed by atoms with Crippen LogP contribution in [-0.2, 0) is 0 Å². The van der Waals surface area contributed by atoms with Crippen LogP contribution in [0.15, 0.2) is 18.2 Å². The molecule has 9 heteroatoms. The van der Waals surface area contributed by atoms with E-state index in [-0.39, 0.29) is 22.5 Å². The zero-order valence-corrected chi connectivity index (χ0v) is 13.7. The maximum absolute atomic E-state index is 11.1. The van der Waals surface area contributed by atoms with Gasteiger partial charge in [-0.15, -0.1) is 0 Å². The van der Waals surface area contributed by atoms with E-state index in [1.54, 1.807) is 12.1 Å². The minimum Gasteiger partial charge on any atom is -0.333 e. The number of benzene rings is 1. The molecule has 1 aromatic heterocycles. The molecule has 0 saturated heterocycles. The summed E-state index contributed by atoms with van der Waals surface area (Å²) in [5.41, 5.74) is 0.451. The minimum absolute atomic E-state index is 0.00982. The lowest BCUT2D eigenvalue weighted by Gasteiger charge is -2.09. The van der Waals surface area contributed by atoms with E-state index in [2.05, 4.69) is 37.9 Å². The first-order valence-electron chi connectivity index (χ1n) is 5.29. The summed E-state index contributed by atoms with van der Waals surface area (Å²) in [5, 5.41) is 14.3. The van der Waals surface area contributed by atoms with Crippen LogP contribution in [0, 0.1) is 20.6 Å². The van der Waals surface area contributed by atoms with Crippen LogP contribution in [0.1, 0.15) is 5.69 Å². The van der Waals surface area contributed by atoms with Crippen molar-refractivity contribution in [2.24, 2.45) is 0 Å². The molecule has 0 unspecified atom stereocenters. The van der Waals surface area contributed by atoms with Crippen LogP contribution in [0.4, 0.5) is 17.2 Å². The lowest BCUT2D eigenvalue weighted by Crippen LogP contribution is -2.04. The second-order valence-electron chi connectivity index (χ2n) is 3.78. The highest BCUT2D eigenvalue weighted by Crippen LogP contribution is 2.32. The fourth-order valence-corrected chi connectivity index (χ4v) is 2.67. The van der Waals surface area contributed by atoms with Crippen LogP contribution < -0.4 is 5.32 Å². The van der Waals surface area contributed by atoms with Gasteiger partial charge in [0.25, 0.3) is 0 Å². The number of hydrogen-bond acceptors (Lipinski definition) is 5. The van der Waals surface area contributed by atoms with Gasteiger partial charge < -0.3 is 5.32 Å². The summed E-state index contributed by atoms with van der Waals surface area (Å²) in [7, 11) is 0. The van der Waals surface area contributed by atoms with Crippen molar-refractivity contribution in [2.45, 2.75) is 6.92 Å². The van der Waals surface area contributed by atoms with E-state index in [1.807, 2.05) is 6.07 Å². The Labute approximate surface area is 137 Å². The molecule has 104 valence electrons. The van der Waals surface area contributed by atoms with Gasteiger partial charge in [0.2, 0.25) is 11.1 Å². The fourth-order valence-electron chi connectivity index (χ4n) is 1.56. The molecule has 0 aliphatic heterocycles. The van der Waals surface area contributed by atoms with E-state index < -0.39 is 4.92 Å². The Hall–Kier alpha value is -1.19. The molecule has 2 aromatic rings. The third kappa shape index (κ3) is 3.28. The van der Waals surface area contributed by atoms with Crippen molar-refractivity contribution >= 4 is 63.0 Å². The highest BCUT2D eigenvalue weighted by atomic mass is 127. The third-order valence-electron chi connectivity index (χ3n) is 2.40. The number of rotatable bonds is 3. The topological polar surface area (TPSA) is 81.0 Å². The summed E-state index contributed by atoms with van der Waals surface area (Å²) in [6.45, 7) is 1.49. The van der Waals surface area contributed by atoms with Gasteiger partial charge in [0.05, 0.1) is 15.6 Å². The Morgan fingerprint density at radius 1 is 1.35 bits per heavy atom. The quantitative estimate of drug-likeness (QED) is 0.343. The Morgan fingerprint density at radius 3 is 2.65 bits per heavy atom. The predicted molar refractivity (Wildman–Crippen MR) is 85.9 cm³/mol.